The zero-order valence-corrected chi connectivity index (χ0v) is 8.37. The summed E-state index contributed by atoms with van der Waals surface area (Å²) < 4.78 is 5.19. The summed E-state index contributed by atoms with van der Waals surface area (Å²) in [5.41, 5.74) is 2.23. The van der Waals surface area contributed by atoms with Crippen LogP contribution in [0, 0.1) is 6.92 Å². The minimum absolute atomic E-state index is 0.299. The Labute approximate surface area is 79.2 Å². The van der Waals surface area contributed by atoms with Crippen LogP contribution in [-0.4, -0.2) is 18.3 Å². The van der Waals surface area contributed by atoms with E-state index in [4.69, 9.17) is 4.74 Å². The van der Waals surface area contributed by atoms with E-state index in [-0.39, 0.29) is 6.10 Å². The Morgan fingerprint density at radius 1 is 1.46 bits per heavy atom. The second-order valence-electron chi connectivity index (χ2n) is 3.36. The van der Waals surface area contributed by atoms with Crippen LogP contribution in [0.1, 0.15) is 18.1 Å². The fourth-order valence-corrected chi connectivity index (χ4v) is 1.33. The molecule has 0 aliphatic carbocycles. The van der Waals surface area contributed by atoms with Gasteiger partial charge in [-0.15, -0.1) is 0 Å². The molecule has 1 atom stereocenters. The van der Waals surface area contributed by atoms with Gasteiger partial charge < -0.3 is 9.84 Å². The van der Waals surface area contributed by atoms with Crippen molar-refractivity contribution >= 4 is 0 Å². The van der Waals surface area contributed by atoms with E-state index < -0.39 is 0 Å². The lowest BCUT2D eigenvalue weighted by atomic mass is 10.1. The summed E-state index contributed by atoms with van der Waals surface area (Å²) in [6.45, 7) is 3.79. The number of aliphatic hydroxyl groups is 1. The zero-order valence-electron chi connectivity index (χ0n) is 8.37. The van der Waals surface area contributed by atoms with Gasteiger partial charge in [0.1, 0.15) is 5.75 Å². The minimum atomic E-state index is -0.299. The fourth-order valence-electron chi connectivity index (χ4n) is 1.33. The lowest BCUT2D eigenvalue weighted by Gasteiger charge is -2.08. The Bertz CT molecular complexity index is 279. The van der Waals surface area contributed by atoms with Crippen LogP contribution in [-0.2, 0) is 6.42 Å². The maximum absolute atomic E-state index is 9.20. The first-order valence-electron chi connectivity index (χ1n) is 4.45. The topological polar surface area (TPSA) is 29.5 Å². The quantitative estimate of drug-likeness (QED) is 0.770. The van der Waals surface area contributed by atoms with E-state index in [0.29, 0.717) is 6.42 Å². The number of hydrogen-bond acceptors (Lipinski definition) is 2. The van der Waals surface area contributed by atoms with Crippen LogP contribution in [0.4, 0.5) is 0 Å². The highest BCUT2D eigenvalue weighted by Gasteiger charge is 2.02. The van der Waals surface area contributed by atoms with Crippen LogP contribution in [0.25, 0.3) is 0 Å². The van der Waals surface area contributed by atoms with Gasteiger partial charge in [-0.05, 0) is 37.5 Å². The summed E-state index contributed by atoms with van der Waals surface area (Å²) >= 11 is 0. The molecule has 0 aromatic heterocycles. The molecule has 0 fully saturated rings. The molecule has 1 rings (SSSR count). The van der Waals surface area contributed by atoms with Crippen molar-refractivity contribution in [3.63, 3.8) is 0 Å². The second kappa shape index (κ2) is 4.28. The number of benzene rings is 1. The van der Waals surface area contributed by atoms with Crippen LogP contribution in [0.15, 0.2) is 18.2 Å². The molecule has 1 aromatic rings. The molecule has 0 heterocycles. The van der Waals surface area contributed by atoms with Gasteiger partial charge >= 0.3 is 0 Å². The van der Waals surface area contributed by atoms with E-state index in [2.05, 4.69) is 0 Å². The molecule has 0 aliphatic rings. The van der Waals surface area contributed by atoms with Crippen molar-refractivity contribution in [2.24, 2.45) is 0 Å². The molecule has 2 nitrogen and oxygen atoms in total. The molecule has 0 saturated carbocycles. The molecule has 0 radical (unpaired) electrons. The van der Waals surface area contributed by atoms with E-state index in [1.54, 1.807) is 14.0 Å². The van der Waals surface area contributed by atoms with E-state index in [1.165, 1.54) is 0 Å². The van der Waals surface area contributed by atoms with Crippen LogP contribution in [0.2, 0.25) is 0 Å². The van der Waals surface area contributed by atoms with Crippen molar-refractivity contribution in [2.45, 2.75) is 26.4 Å². The van der Waals surface area contributed by atoms with Crippen LogP contribution < -0.4 is 4.74 Å². The molecule has 1 aromatic carbocycles. The van der Waals surface area contributed by atoms with Gasteiger partial charge in [0.15, 0.2) is 0 Å². The zero-order chi connectivity index (χ0) is 9.84. The van der Waals surface area contributed by atoms with E-state index in [1.807, 2.05) is 25.1 Å². The van der Waals surface area contributed by atoms with Gasteiger partial charge in [-0.2, -0.15) is 0 Å². The highest BCUT2D eigenvalue weighted by molar-refractivity contribution is 5.36. The van der Waals surface area contributed by atoms with Gasteiger partial charge in [0.25, 0.3) is 0 Å². The Morgan fingerprint density at radius 2 is 2.15 bits per heavy atom. The van der Waals surface area contributed by atoms with Crippen molar-refractivity contribution in [1.29, 1.82) is 0 Å². The third-order valence-electron chi connectivity index (χ3n) is 2.00. The molecule has 0 saturated heterocycles. The first-order chi connectivity index (χ1) is 6.13. The van der Waals surface area contributed by atoms with Crippen molar-refractivity contribution in [1.82, 2.24) is 0 Å². The SMILES string of the molecule is COc1cc(C[C@@H](C)O)ccc1C. The Hall–Kier alpha value is -1.02. The number of methoxy groups -OCH3 is 1. The third-order valence-corrected chi connectivity index (χ3v) is 2.00. The van der Waals surface area contributed by atoms with Crippen molar-refractivity contribution < 1.29 is 9.84 Å². The van der Waals surface area contributed by atoms with Crippen molar-refractivity contribution in [3.8, 4) is 5.75 Å². The largest absolute Gasteiger partial charge is 0.496 e. The van der Waals surface area contributed by atoms with Gasteiger partial charge in [-0.1, -0.05) is 12.1 Å². The number of aryl methyl sites for hydroxylation is 1. The van der Waals surface area contributed by atoms with Crippen LogP contribution in [0.5, 0.6) is 5.75 Å². The van der Waals surface area contributed by atoms with Gasteiger partial charge in [-0.25, -0.2) is 0 Å². The number of aliphatic hydroxyl groups excluding tert-OH is 1. The summed E-state index contributed by atoms with van der Waals surface area (Å²) in [7, 11) is 1.66. The summed E-state index contributed by atoms with van der Waals surface area (Å²) in [5, 5.41) is 9.20. The van der Waals surface area contributed by atoms with E-state index in [9.17, 15) is 5.11 Å². The first-order valence-corrected chi connectivity index (χ1v) is 4.45. The molecular weight excluding hydrogens is 164 g/mol. The molecule has 0 bridgehead atoms. The van der Waals surface area contributed by atoms with Gasteiger partial charge in [-0.3, -0.25) is 0 Å². The summed E-state index contributed by atoms with van der Waals surface area (Å²) in [6, 6.07) is 6.00. The molecule has 1 N–H and O–H groups in total. The molecule has 0 amide bonds. The van der Waals surface area contributed by atoms with Gasteiger partial charge in [0.2, 0.25) is 0 Å². The smallest absolute Gasteiger partial charge is 0.122 e. The molecule has 0 aliphatic heterocycles. The molecule has 2 heteroatoms. The standard InChI is InChI=1S/C11H16O2/c1-8-4-5-10(6-9(2)12)7-11(8)13-3/h4-5,7,9,12H,6H2,1-3H3/t9-/m1/s1. The summed E-state index contributed by atoms with van der Waals surface area (Å²) in [4.78, 5) is 0. The lowest BCUT2D eigenvalue weighted by molar-refractivity contribution is 0.195. The molecular formula is C11H16O2. The average molecular weight is 180 g/mol. The molecule has 72 valence electrons. The van der Waals surface area contributed by atoms with Crippen LogP contribution in [0.3, 0.4) is 0 Å². The minimum Gasteiger partial charge on any atom is -0.496 e. The normalized spacial score (nSPS) is 12.6. The first kappa shape index (κ1) is 10.1. The van der Waals surface area contributed by atoms with Gasteiger partial charge in [0.05, 0.1) is 13.2 Å². The number of rotatable bonds is 3. The van der Waals surface area contributed by atoms with Crippen LogP contribution >= 0.6 is 0 Å². The summed E-state index contributed by atoms with van der Waals surface area (Å²) in [5.74, 6) is 0.887. The van der Waals surface area contributed by atoms with Crippen molar-refractivity contribution in [3.05, 3.63) is 29.3 Å². The average Bonchev–Trinajstić information content (AvgIpc) is 2.07. The monoisotopic (exact) mass is 180 g/mol. The van der Waals surface area contributed by atoms with E-state index in [0.717, 1.165) is 16.9 Å². The fraction of sp³-hybridized carbons (Fsp3) is 0.455. The second-order valence-corrected chi connectivity index (χ2v) is 3.36. The summed E-state index contributed by atoms with van der Waals surface area (Å²) in [6.07, 6.45) is 0.379. The molecule has 0 unspecified atom stereocenters. The highest BCUT2D eigenvalue weighted by atomic mass is 16.5. The predicted molar refractivity (Wildman–Crippen MR) is 53.1 cm³/mol. The predicted octanol–water partition coefficient (Wildman–Crippen LogP) is 1.93. The maximum Gasteiger partial charge on any atom is 0.122 e. The maximum atomic E-state index is 9.20. The lowest BCUT2D eigenvalue weighted by Crippen LogP contribution is -2.04. The highest BCUT2D eigenvalue weighted by Crippen LogP contribution is 2.19. The number of ether oxygens (including phenoxy) is 1. The Morgan fingerprint density at radius 3 is 2.69 bits per heavy atom. The number of hydrogen-bond donors (Lipinski definition) is 1. The van der Waals surface area contributed by atoms with Crippen molar-refractivity contribution in [2.75, 3.05) is 7.11 Å². The Kier molecular flexibility index (Phi) is 3.32. The third kappa shape index (κ3) is 2.74. The molecule has 13 heavy (non-hydrogen) atoms. The van der Waals surface area contributed by atoms with Gasteiger partial charge in [0, 0.05) is 0 Å². The van der Waals surface area contributed by atoms with E-state index >= 15 is 0 Å². The molecule has 0 spiro atoms. The Balaban J connectivity index is 2.86.